The number of hydrogen-bond acceptors (Lipinski definition) is 6. The molecule has 0 aliphatic carbocycles. The minimum absolute atomic E-state index is 0.151. The Bertz CT molecular complexity index is 928. The highest BCUT2D eigenvalue weighted by Gasteiger charge is 2.45. The highest BCUT2D eigenvalue weighted by molar-refractivity contribution is 5.50. The summed E-state index contributed by atoms with van der Waals surface area (Å²) < 4.78 is 31.2. The van der Waals surface area contributed by atoms with Crippen molar-refractivity contribution in [3.8, 4) is 11.8 Å². The zero-order valence-corrected chi connectivity index (χ0v) is 18.0. The van der Waals surface area contributed by atoms with Crippen molar-refractivity contribution in [2.75, 3.05) is 51.9 Å². The molecule has 2 saturated heterocycles. The molecule has 2 aliphatic heterocycles. The van der Waals surface area contributed by atoms with E-state index in [2.05, 4.69) is 22.9 Å². The fraction of sp³-hybridized carbons (Fsp3) is 0.458. The number of nitriles is 1. The Labute approximate surface area is 182 Å². The van der Waals surface area contributed by atoms with Gasteiger partial charge in [-0.2, -0.15) is 5.26 Å². The Morgan fingerprint density at radius 3 is 2.48 bits per heavy atom. The Balaban J connectivity index is 1.42. The maximum atomic E-state index is 14.2. The van der Waals surface area contributed by atoms with E-state index in [4.69, 9.17) is 19.5 Å². The SMILES string of the molecule is COc1ccc(CN(CCC2OCC3(CO2)CN(C)C3)c2ccc(C#N)cc2)cc1F. The van der Waals surface area contributed by atoms with Crippen LogP contribution >= 0.6 is 0 Å². The van der Waals surface area contributed by atoms with E-state index in [9.17, 15) is 4.39 Å². The van der Waals surface area contributed by atoms with Gasteiger partial charge in [0.2, 0.25) is 0 Å². The second-order valence-electron chi connectivity index (χ2n) is 8.56. The van der Waals surface area contributed by atoms with E-state index in [1.54, 1.807) is 18.2 Å². The van der Waals surface area contributed by atoms with E-state index in [1.165, 1.54) is 13.2 Å². The fourth-order valence-corrected chi connectivity index (χ4v) is 4.41. The third-order valence-corrected chi connectivity index (χ3v) is 5.95. The summed E-state index contributed by atoms with van der Waals surface area (Å²) in [5.74, 6) is -0.150. The lowest BCUT2D eigenvalue weighted by atomic mass is 9.81. The highest BCUT2D eigenvalue weighted by atomic mass is 19.1. The van der Waals surface area contributed by atoms with Crippen LogP contribution in [0.2, 0.25) is 0 Å². The van der Waals surface area contributed by atoms with Crippen LogP contribution in [0, 0.1) is 22.6 Å². The van der Waals surface area contributed by atoms with Gasteiger partial charge in [0, 0.05) is 43.7 Å². The van der Waals surface area contributed by atoms with Crippen LogP contribution in [0.1, 0.15) is 17.5 Å². The van der Waals surface area contributed by atoms with Crippen molar-refractivity contribution in [3.05, 3.63) is 59.4 Å². The zero-order chi connectivity index (χ0) is 21.8. The summed E-state index contributed by atoms with van der Waals surface area (Å²) in [5.41, 5.74) is 2.56. The molecule has 0 bridgehead atoms. The summed E-state index contributed by atoms with van der Waals surface area (Å²) in [5, 5.41) is 9.09. The monoisotopic (exact) mass is 425 g/mol. The van der Waals surface area contributed by atoms with Crippen LogP contribution in [-0.2, 0) is 16.0 Å². The van der Waals surface area contributed by atoms with Crippen molar-refractivity contribution in [2.45, 2.75) is 19.3 Å². The molecule has 164 valence electrons. The smallest absolute Gasteiger partial charge is 0.165 e. The molecule has 2 aromatic rings. The van der Waals surface area contributed by atoms with E-state index in [-0.39, 0.29) is 23.3 Å². The molecule has 0 radical (unpaired) electrons. The van der Waals surface area contributed by atoms with Gasteiger partial charge in [-0.1, -0.05) is 6.07 Å². The first-order chi connectivity index (χ1) is 15.0. The quantitative estimate of drug-likeness (QED) is 0.678. The minimum Gasteiger partial charge on any atom is -0.494 e. The maximum Gasteiger partial charge on any atom is 0.165 e. The predicted octanol–water partition coefficient (Wildman–Crippen LogP) is 3.41. The Morgan fingerprint density at radius 2 is 1.90 bits per heavy atom. The van der Waals surface area contributed by atoms with E-state index in [1.807, 2.05) is 18.2 Å². The molecule has 2 aromatic carbocycles. The Hall–Kier alpha value is -2.66. The molecule has 6 nitrogen and oxygen atoms in total. The van der Waals surface area contributed by atoms with E-state index >= 15 is 0 Å². The molecule has 7 heteroatoms. The molecule has 1 spiro atoms. The van der Waals surface area contributed by atoms with Crippen LogP contribution in [0.15, 0.2) is 42.5 Å². The zero-order valence-electron chi connectivity index (χ0n) is 18.0. The summed E-state index contributed by atoms with van der Waals surface area (Å²) in [6, 6.07) is 14.6. The van der Waals surface area contributed by atoms with Crippen LogP contribution in [-0.4, -0.2) is 58.2 Å². The number of methoxy groups -OCH3 is 1. The van der Waals surface area contributed by atoms with Crippen molar-refractivity contribution < 1.29 is 18.6 Å². The fourth-order valence-electron chi connectivity index (χ4n) is 4.41. The second-order valence-corrected chi connectivity index (χ2v) is 8.56. The predicted molar refractivity (Wildman–Crippen MR) is 115 cm³/mol. The first kappa shape index (κ1) is 21.6. The van der Waals surface area contributed by atoms with Crippen LogP contribution < -0.4 is 9.64 Å². The minimum atomic E-state index is -0.380. The van der Waals surface area contributed by atoms with Gasteiger partial charge in [0.05, 0.1) is 32.0 Å². The average Bonchev–Trinajstić information content (AvgIpc) is 2.77. The van der Waals surface area contributed by atoms with Crippen molar-refractivity contribution in [1.29, 1.82) is 5.26 Å². The molecule has 2 fully saturated rings. The van der Waals surface area contributed by atoms with Gasteiger partial charge in [-0.15, -0.1) is 0 Å². The molecule has 0 amide bonds. The van der Waals surface area contributed by atoms with E-state index in [0.29, 0.717) is 25.1 Å². The molecule has 4 rings (SSSR count). The van der Waals surface area contributed by atoms with Crippen molar-refractivity contribution in [1.82, 2.24) is 4.90 Å². The summed E-state index contributed by atoms with van der Waals surface area (Å²) in [4.78, 5) is 4.42. The summed E-state index contributed by atoms with van der Waals surface area (Å²) in [6.45, 7) is 4.68. The Morgan fingerprint density at radius 1 is 1.19 bits per heavy atom. The highest BCUT2D eigenvalue weighted by Crippen LogP contribution is 2.34. The molecule has 31 heavy (non-hydrogen) atoms. The lowest BCUT2D eigenvalue weighted by Crippen LogP contribution is -2.62. The summed E-state index contributed by atoms with van der Waals surface area (Å²) in [7, 11) is 3.56. The van der Waals surface area contributed by atoms with Crippen molar-refractivity contribution in [3.63, 3.8) is 0 Å². The number of hydrogen-bond donors (Lipinski definition) is 0. The maximum absolute atomic E-state index is 14.2. The third kappa shape index (κ3) is 4.99. The molecular weight excluding hydrogens is 397 g/mol. The molecule has 0 unspecified atom stereocenters. The molecule has 0 atom stereocenters. The van der Waals surface area contributed by atoms with Gasteiger partial charge in [0.1, 0.15) is 0 Å². The van der Waals surface area contributed by atoms with Crippen molar-refractivity contribution >= 4 is 5.69 Å². The van der Waals surface area contributed by atoms with E-state index < -0.39 is 0 Å². The summed E-state index contributed by atoms with van der Waals surface area (Å²) in [6.07, 6.45) is 0.454. The lowest BCUT2D eigenvalue weighted by Gasteiger charge is -2.51. The second kappa shape index (κ2) is 9.23. The molecule has 0 aromatic heterocycles. The number of nitrogens with zero attached hydrogens (tertiary/aromatic N) is 3. The van der Waals surface area contributed by atoms with Gasteiger partial charge < -0.3 is 24.0 Å². The van der Waals surface area contributed by atoms with Gasteiger partial charge in [-0.25, -0.2) is 4.39 Å². The normalized spacial score (nSPS) is 18.4. The molecule has 0 N–H and O–H groups in total. The molecule has 2 heterocycles. The first-order valence-corrected chi connectivity index (χ1v) is 10.5. The Kier molecular flexibility index (Phi) is 6.42. The number of anilines is 1. The number of rotatable bonds is 7. The number of benzene rings is 2. The van der Waals surface area contributed by atoms with Crippen LogP contribution in [0.25, 0.3) is 0 Å². The van der Waals surface area contributed by atoms with Crippen LogP contribution in [0.5, 0.6) is 5.75 Å². The average molecular weight is 426 g/mol. The number of likely N-dealkylation sites (tertiary alicyclic amines) is 1. The summed E-state index contributed by atoms with van der Waals surface area (Å²) >= 11 is 0. The van der Waals surface area contributed by atoms with Crippen LogP contribution in [0.4, 0.5) is 10.1 Å². The van der Waals surface area contributed by atoms with Gasteiger partial charge >= 0.3 is 0 Å². The van der Waals surface area contributed by atoms with Gasteiger partial charge in [0.25, 0.3) is 0 Å². The first-order valence-electron chi connectivity index (χ1n) is 10.5. The van der Waals surface area contributed by atoms with Crippen molar-refractivity contribution in [2.24, 2.45) is 5.41 Å². The molecular formula is C24H28FN3O3. The van der Waals surface area contributed by atoms with Gasteiger partial charge in [0.15, 0.2) is 17.9 Å². The molecule has 2 aliphatic rings. The third-order valence-electron chi connectivity index (χ3n) is 5.95. The van der Waals surface area contributed by atoms with Gasteiger partial charge in [-0.05, 0) is 49.0 Å². The topological polar surface area (TPSA) is 58.0 Å². The lowest BCUT2D eigenvalue weighted by molar-refractivity contribution is -0.256. The molecule has 0 saturated carbocycles. The van der Waals surface area contributed by atoms with Crippen LogP contribution in [0.3, 0.4) is 0 Å². The number of ether oxygens (including phenoxy) is 3. The largest absolute Gasteiger partial charge is 0.494 e. The van der Waals surface area contributed by atoms with E-state index in [0.717, 1.165) is 37.6 Å². The number of halogens is 1. The van der Waals surface area contributed by atoms with Gasteiger partial charge in [-0.3, -0.25) is 0 Å². The standard InChI is InChI=1S/C24H28FN3O3/c1-27-14-24(15-27)16-30-23(31-17-24)9-10-28(20-6-3-18(12-26)4-7-20)13-19-5-8-22(29-2)21(25)11-19/h3-8,11,23H,9-10,13-17H2,1-2H3.